The van der Waals surface area contributed by atoms with Crippen molar-refractivity contribution < 1.29 is 19.0 Å². The summed E-state index contributed by atoms with van der Waals surface area (Å²) in [6.07, 6.45) is 2.81. The summed E-state index contributed by atoms with van der Waals surface area (Å²) in [5.41, 5.74) is 0.270. The second-order valence-corrected chi connectivity index (χ2v) is 13.3. The maximum absolute atomic E-state index is 14.3. The van der Waals surface area contributed by atoms with Crippen LogP contribution in [0.2, 0.25) is 0 Å². The highest BCUT2D eigenvalue weighted by Crippen LogP contribution is 2.44. The molecule has 0 aliphatic carbocycles. The smallest absolute Gasteiger partial charge is 0.282 e. The standard InChI is InChI=1S/C31H48FN7O3/c1-20(2)26(14-24(40)15-36(7)8)38-17-31(18-38)11-12-37(16-31)28-29(35-34-19-33-28)42-27-10-9-23(32)13-25(27)30(41)39(21(3)4)22(5)6/h9-10,13,19-22,24,26,40H,11-12,14-18H2,1-8H3/t24-,26?/m1/s1. The molecule has 1 aromatic heterocycles. The topological polar surface area (TPSA) is 98.2 Å². The molecule has 1 aromatic carbocycles. The fourth-order valence-corrected chi connectivity index (χ4v) is 6.65. The van der Waals surface area contributed by atoms with Gasteiger partial charge in [0.2, 0.25) is 0 Å². The van der Waals surface area contributed by atoms with Crippen LogP contribution in [0.5, 0.6) is 11.6 Å². The summed E-state index contributed by atoms with van der Waals surface area (Å²) in [7, 11) is 3.97. The lowest BCUT2D eigenvalue weighted by atomic mass is 9.76. The SMILES string of the molecule is CC(C)C(C[C@@H](O)CN(C)C)N1CC2(CCN(c3ncnnc3Oc3ccc(F)cc3C(=O)N(C(C)C)C(C)C)C2)C1. The molecule has 10 nitrogen and oxygen atoms in total. The van der Waals surface area contributed by atoms with E-state index in [1.807, 2.05) is 46.7 Å². The van der Waals surface area contributed by atoms with Crippen molar-refractivity contribution in [2.45, 2.75) is 78.6 Å². The number of amides is 1. The Morgan fingerprint density at radius 3 is 2.43 bits per heavy atom. The molecule has 0 bridgehead atoms. The van der Waals surface area contributed by atoms with E-state index in [0.717, 1.165) is 39.0 Å². The fraction of sp³-hybridized carbons (Fsp3) is 0.677. The number of hydrogen-bond acceptors (Lipinski definition) is 9. The van der Waals surface area contributed by atoms with Crippen molar-refractivity contribution in [2.24, 2.45) is 11.3 Å². The first kappa shape index (κ1) is 32.0. The van der Waals surface area contributed by atoms with Crippen molar-refractivity contribution >= 4 is 11.7 Å². The van der Waals surface area contributed by atoms with Gasteiger partial charge in [-0.1, -0.05) is 13.8 Å². The van der Waals surface area contributed by atoms with E-state index in [9.17, 15) is 14.3 Å². The number of halogens is 1. The number of ether oxygens (including phenoxy) is 1. The second kappa shape index (κ2) is 13.2. The predicted molar refractivity (Wildman–Crippen MR) is 161 cm³/mol. The molecule has 4 rings (SSSR count). The van der Waals surface area contributed by atoms with Crippen LogP contribution in [-0.4, -0.2) is 112 Å². The monoisotopic (exact) mass is 585 g/mol. The second-order valence-electron chi connectivity index (χ2n) is 13.3. The molecule has 11 heteroatoms. The Labute approximate surface area is 249 Å². The van der Waals surface area contributed by atoms with Gasteiger partial charge in [-0.05, 0) is 78.7 Å². The average Bonchev–Trinajstić information content (AvgIpc) is 3.32. The van der Waals surface area contributed by atoms with Crippen LogP contribution >= 0.6 is 0 Å². The molecular weight excluding hydrogens is 537 g/mol. The number of benzene rings is 1. The molecule has 0 radical (unpaired) electrons. The molecule has 2 aliphatic heterocycles. The van der Waals surface area contributed by atoms with E-state index in [1.54, 1.807) is 4.90 Å². The Bertz CT molecular complexity index is 1210. The van der Waals surface area contributed by atoms with Crippen LogP contribution < -0.4 is 9.64 Å². The van der Waals surface area contributed by atoms with Crippen LogP contribution in [0.1, 0.15) is 64.7 Å². The molecule has 42 heavy (non-hydrogen) atoms. The molecule has 2 aliphatic rings. The van der Waals surface area contributed by atoms with Crippen molar-refractivity contribution in [2.75, 3.05) is 51.7 Å². The summed E-state index contributed by atoms with van der Waals surface area (Å²) in [6.45, 7) is 16.4. The molecule has 1 unspecified atom stereocenters. The highest BCUT2D eigenvalue weighted by molar-refractivity contribution is 5.97. The number of rotatable bonds is 12. The van der Waals surface area contributed by atoms with E-state index in [0.29, 0.717) is 24.3 Å². The van der Waals surface area contributed by atoms with E-state index in [2.05, 4.69) is 38.8 Å². The first-order chi connectivity index (χ1) is 19.8. The molecule has 2 fully saturated rings. The van der Waals surface area contributed by atoms with Gasteiger partial charge in [-0.3, -0.25) is 9.69 Å². The number of aliphatic hydroxyl groups is 1. The number of hydrogen-bond donors (Lipinski definition) is 1. The minimum absolute atomic E-state index is 0.0725. The van der Waals surface area contributed by atoms with Crippen LogP contribution in [0.25, 0.3) is 0 Å². The summed E-state index contributed by atoms with van der Waals surface area (Å²) in [6, 6.07) is 4.14. The Kier molecular flexibility index (Phi) is 10.1. The summed E-state index contributed by atoms with van der Waals surface area (Å²) >= 11 is 0. The lowest BCUT2D eigenvalue weighted by Gasteiger charge is -2.53. The average molecular weight is 586 g/mol. The maximum Gasteiger partial charge on any atom is 0.282 e. The van der Waals surface area contributed by atoms with Gasteiger partial charge >= 0.3 is 0 Å². The molecule has 1 amide bonds. The van der Waals surface area contributed by atoms with Crippen LogP contribution in [0.4, 0.5) is 10.2 Å². The lowest BCUT2D eigenvalue weighted by molar-refractivity contribution is -0.0476. The van der Waals surface area contributed by atoms with Crippen molar-refractivity contribution in [3.8, 4) is 11.6 Å². The zero-order valence-corrected chi connectivity index (χ0v) is 26.4. The Hall–Kier alpha value is -2.89. The Morgan fingerprint density at radius 1 is 1.12 bits per heavy atom. The highest BCUT2D eigenvalue weighted by atomic mass is 19.1. The van der Waals surface area contributed by atoms with Gasteiger partial charge in [0.05, 0.1) is 11.7 Å². The maximum atomic E-state index is 14.3. The molecule has 1 N–H and O–H groups in total. The third-order valence-electron chi connectivity index (χ3n) is 8.44. The lowest BCUT2D eigenvalue weighted by Crippen LogP contribution is -2.62. The van der Waals surface area contributed by atoms with E-state index in [1.165, 1.54) is 24.5 Å². The third-order valence-corrected chi connectivity index (χ3v) is 8.44. The largest absolute Gasteiger partial charge is 0.434 e. The first-order valence-corrected chi connectivity index (χ1v) is 15.1. The number of nitrogens with zero attached hydrogens (tertiary/aromatic N) is 7. The number of likely N-dealkylation sites (N-methyl/N-ethyl adjacent to an activating group) is 1. The first-order valence-electron chi connectivity index (χ1n) is 15.1. The minimum atomic E-state index is -0.513. The highest BCUT2D eigenvalue weighted by Gasteiger charge is 2.50. The van der Waals surface area contributed by atoms with E-state index in [-0.39, 0.29) is 46.7 Å². The van der Waals surface area contributed by atoms with Crippen LogP contribution in [-0.2, 0) is 0 Å². The molecule has 2 aromatic rings. The molecule has 2 atom stereocenters. The van der Waals surface area contributed by atoms with E-state index in [4.69, 9.17) is 4.74 Å². The van der Waals surface area contributed by atoms with Crippen LogP contribution in [0.15, 0.2) is 24.5 Å². The number of aromatic nitrogens is 3. The Morgan fingerprint density at radius 2 is 1.81 bits per heavy atom. The normalized spacial score (nSPS) is 18.3. The number of likely N-dealkylation sites (tertiary alicyclic amines) is 1. The zero-order valence-electron chi connectivity index (χ0n) is 26.4. The molecule has 1 spiro atoms. The van der Waals surface area contributed by atoms with Crippen molar-refractivity contribution in [3.63, 3.8) is 0 Å². The van der Waals surface area contributed by atoms with Crippen molar-refractivity contribution in [1.82, 2.24) is 29.9 Å². The van der Waals surface area contributed by atoms with Crippen molar-refractivity contribution in [3.05, 3.63) is 35.9 Å². The fourth-order valence-electron chi connectivity index (χ4n) is 6.65. The Balaban J connectivity index is 1.49. The summed E-state index contributed by atoms with van der Waals surface area (Å²) in [5, 5.41) is 18.8. The van der Waals surface area contributed by atoms with E-state index >= 15 is 0 Å². The van der Waals surface area contributed by atoms with Gasteiger partial charge in [0, 0.05) is 56.3 Å². The molecule has 232 valence electrons. The van der Waals surface area contributed by atoms with Crippen molar-refractivity contribution in [1.29, 1.82) is 0 Å². The van der Waals surface area contributed by atoms with Gasteiger partial charge in [-0.25, -0.2) is 9.37 Å². The van der Waals surface area contributed by atoms with Gasteiger partial charge in [-0.2, -0.15) is 0 Å². The number of carbonyl (C=O) groups excluding carboxylic acids is 1. The molecule has 0 saturated carbocycles. The number of anilines is 1. The summed E-state index contributed by atoms with van der Waals surface area (Å²) in [5.74, 6) is 0.598. The summed E-state index contributed by atoms with van der Waals surface area (Å²) < 4.78 is 20.5. The van der Waals surface area contributed by atoms with Gasteiger partial charge < -0.3 is 24.5 Å². The van der Waals surface area contributed by atoms with Gasteiger partial charge in [-0.15, -0.1) is 10.2 Å². The van der Waals surface area contributed by atoms with Crippen LogP contribution in [0.3, 0.4) is 0 Å². The van der Waals surface area contributed by atoms with E-state index < -0.39 is 5.82 Å². The number of carbonyl (C=O) groups is 1. The summed E-state index contributed by atoms with van der Waals surface area (Å²) in [4.78, 5) is 26.4. The van der Waals surface area contributed by atoms with Crippen LogP contribution in [0, 0.1) is 17.2 Å². The quantitative estimate of drug-likeness (QED) is 0.398. The van der Waals surface area contributed by atoms with Gasteiger partial charge in [0.1, 0.15) is 17.9 Å². The molecule has 3 heterocycles. The van der Waals surface area contributed by atoms with Gasteiger partial charge in [0.15, 0.2) is 5.82 Å². The zero-order chi connectivity index (χ0) is 30.8. The molecular formula is C31H48FN7O3. The third kappa shape index (κ3) is 7.18. The number of aliphatic hydroxyl groups excluding tert-OH is 1. The minimum Gasteiger partial charge on any atom is -0.434 e. The van der Waals surface area contributed by atoms with Gasteiger partial charge in [0.25, 0.3) is 11.8 Å². The predicted octanol–water partition coefficient (Wildman–Crippen LogP) is 3.91. The molecule has 2 saturated heterocycles.